The van der Waals surface area contributed by atoms with Crippen LogP contribution in [0.2, 0.25) is 0 Å². The monoisotopic (exact) mass is 472 g/mol. The summed E-state index contributed by atoms with van der Waals surface area (Å²) in [6, 6.07) is 10.6. The van der Waals surface area contributed by atoms with Crippen LogP contribution in [0, 0.1) is 0 Å². The van der Waals surface area contributed by atoms with Gasteiger partial charge in [0, 0.05) is 0 Å². The van der Waals surface area contributed by atoms with Gasteiger partial charge in [-0.2, -0.15) is 8.42 Å². The molecule has 31 heavy (non-hydrogen) atoms. The van der Waals surface area contributed by atoms with E-state index >= 15 is 0 Å². The van der Waals surface area contributed by atoms with Gasteiger partial charge < -0.3 is 9.84 Å². The maximum atomic E-state index is 12.0. The minimum atomic E-state index is -4.44. The molecular formula is C24H33KO5S. The van der Waals surface area contributed by atoms with Crippen LogP contribution < -0.4 is 61.2 Å². The fourth-order valence-corrected chi connectivity index (χ4v) is 4.43. The molecule has 0 saturated carbocycles. The van der Waals surface area contributed by atoms with Gasteiger partial charge >= 0.3 is 51.4 Å². The third-order valence-corrected chi connectivity index (χ3v) is 6.15. The normalized spacial score (nSPS) is 11.2. The van der Waals surface area contributed by atoms with Crippen LogP contribution in [0.5, 0.6) is 17.2 Å². The molecule has 166 valence electrons. The molecule has 0 aliphatic heterocycles. The molecule has 2 rings (SSSR count). The van der Waals surface area contributed by atoms with Crippen molar-refractivity contribution in [3.63, 3.8) is 0 Å². The number of aryl methyl sites for hydroxylation is 1. The number of hydrogen-bond acceptors (Lipinski definition) is 4. The Morgan fingerprint density at radius 1 is 0.839 bits per heavy atom. The van der Waals surface area contributed by atoms with Crippen LogP contribution in [0.25, 0.3) is 0 Å². The van der Waals surface area contributed by atoms with E-state index in [1.807, 2.05) is 0 Å². The van der Waals surface area contributed by atoms with Crippen LogP contribution >= 0.6 is 0 Å². The number of hydrogen-bond donors (Lipinski definition) is 1. The van der Waals surface area contributed by atoms with E-state index in [1.165, 1.54) is 75.3 Å². The van der Waals surface area contributed by atoms with Crippen LogP contribution in [-0.4, -0.2) is 13.0 Å². The van der Waals surface area contributed by atoms with Gasteiger partial charge in [0.2, 0.25) is 0 Å². The fourth-order valence-electron chi connectivity index (χ4n) is 3.57. The Labute approximate surface area is 229 Å². The summed E-state index contributed by atoms with van der Waals surface area (Å²) in [4.78, 5) is -0.188. The molecule has 0 aromatic heterocycles. The summed E-state index contributed by atoms with van der Waals surface area (Å²) < 4.78 is 39.5. The number of rotatable bonds is 14. The smallest absolute Gasteiger partial charge is 0.872 e. The van der Waals surface area contributed by atoms with Crippen molar-refractivity contribution in [2.45, 2.75) is 82.4 Å². The molecular weight excluding hydrogens is 439 g/mol. The SMILES string of the molecule is CCCCCCCCCCCCc1cccc(Oc2ccc([O-])cc2)c1S(=O)(=O)O.[K+]. The van der Waals surface area contributed by atoms with Gasteiger partial charge in [0.15, 0.2) is 0 Å². The van der Waals surface area contributed by atoms with Gasteiger partial charge in [-0.1, -0.05) is 89.0 Å². The first kappa shape index (κ1) is 28.6. The molecule has 0 radical (unpaired) electrons. The van der Waals surface area contributed by atoms with E-state index in [0.717, 1.165) is 19.3 Å². The van der Waals surface area contributed by atoms with Crippen molar-refractivity contribution < 1.29 is 74.2 Å². The fraction of sp³-hybridized carbons (Fsp3) is 0.500. The first-order valence-corrected chi connectivity index (χ1v) is 12.4. The molecule has 0 fully saturated rings. The molecule has 1 N–H and O–H groups in total. The zero-order chi connectivity index (χ0) is 21.8. The van der Waals surface area contributed by atoms with Gasteiger partial charge in [-0.05, 0) is 36.6 Å². The molecule has 2 aromatic carbocycles. The number of unbranched alkanes of at least 4 members (excludes halogenated alkanes) is 9. The van der Waals surface area contributed by atoms with Crippen LogP contribution in [0.1, 0.15) is 76.7 Å². The predicted octanol–water partition coefficient (Wildman–Crippen LogP) is 3.27. The van der Waals surface area contributed by atoms with Crippen molar-refractivity contribution >= 4 is 10.1 Å². The van der Waals surface area contributed by atoms with Crippen molar-refractivity contribution in [1.82, 2.24) is 0 Å². The van der Waals surface area contributed by atoms with Crippen LogP contribution in [-0.2, 0) is 16.5 Å². The van der Waals surface area contributed by atoms with E-state index in [9.17, 15) is 18.1 Å². The number of benzene rings is 2. The van der Waals surface area contributed by atoms with Crippen molar-refractivity contribution in [2.75, 3.05) is 0 Å². The molecule has 0 bridgehead atoms. The Bertz CT molecular complexity index is 866. The minimum absolute atomic E-state index is 0. The first-order chi connectivity index (χ1) is 14.4. The van der Waals surface area contributed by atoms with Crippen LogP contribution in [0.4, 0.5) is 0 Å². The Kier molecular flexibility index (Phi) is 14.2. The molecule has 2 aromatic rings. The van der Waals surface area contributed by atoms with E-state index in [1.54, 1.807) is 12.1 Å². The third kappa shape index (κ3) is 10.8. The molecule has 7 heteroatoms. The quantitative estimate of drug-likeness (QED) is 0.259. The van der Waals surface area contributed by atoms with E-state index in [-0.39, 0.29) is 67.8 Å². The second-order valence-corrected chi connectivity index (χ2v) is 9.08. The minimum Gasteiger partial charge on any atom is -0.872 e. The van der Waals surface area contributed by atoms with Gasteiger partial charge in [0.1, 0.15) is 16.4 Å². The largest absolute Gasteiger partial charge is 1.00 e. The Morgan fingerprint density at radius 3 is 1.94 bits per heavy atom. The molecule has 0 spiro atoms. The van der Waals surface area contributed by atoms with E-state index in [0.29, 0.717) is 17.7 Å². The molecule has 5 nitrogen and oxygen atoms in total. The molecule has 0 aliphatic rings. The van der Waals surface area contributed by atoms with Crippen molar-refractivity contribution in [3.8, 4) is 17.2 Å². The molecule has 0 aliphatic carbocycles. The summed E-state index contributed by atoms with van der Waals surface area (Å²) >= 11 is 0. The van der Waals surface area contributed by atoms with Crippen molar-refractivity contribution in [2.24, 2.45) is 0 Å². The summed E-state index contributed by atoms with van der Waals surface area (Å²) in [5.41, 5.74) is 0.551. The van der Waals surface area contributed by atoms with Crippen LogP contribution in [0.3, 0.4) is 0 Å². The van der Waals surface area contributed by atoms with Crippen molar-refractivity contribution in [1.29, 1.82) is 0 Å². The van der Waals surface area contributed by atoms with Gasteiger partial charge in [0.05, 0.1) is 0 Å². The van der Waals surface area contributed by atoms with Gasteiger partial charge in [0.25, 0.3) is 10.1 Å². The molecule has 0 amide bonds. The zero-order valence-electron chi connectivity index (χ0n) is 18.8. The summed E-state index contributed by atoms with van der Waals surface area (Å²) in [6.07, 6.45) is 12.6. The second-order valence-electron chi connectivity index (χ2n) is 7.72. The van der Waals surface area contributed by atoms with Gasteiger partial charge in [-0.25, -0.2) is 0 Å². The third-order valence-electron chi connectivity index (χ3n) is 5.17. The molecule has 0 saturated heterocycles. The Hall–Kier alpha value is -0.414. The predicted molar refractivity (Wildman–Crippen MR) is 118 cm³/mol. The van der Waals surface area contributed by atoms with Crippen LogP contribution in [0.15, 0.2) is 47.4 Å². The summed E-state index contributed by atoms with van der Waals surface area (Å²) in [5.74, 6) is 0.253. The molecule has 0 heterocycles. The molecule has 0 unspecified atom stereocenters. The van der Waals surface area contributed by atoms with E-state index in [4.69, 9.17) is 4.74 Å². The Balaban J connectivity index is 0.00000480. The first-order valence-electron chi connectivity index (χ1n) is 11.0. The maximum absolute atomic E-state index is 12.0. The van der Waals surface area contributed by atoms with Crippen molar-refractivity contribution in [3.05, 3.63) is 48.0 Å². The second kappa shape index (κ2) is 15.4. The summed E-state index contributed by atoms with van der Waals surface area (Å²) in [6.45, 7) is 2.22. The van der Waals surface area contributed by atoms with Gasteiger partial charge in [-0.3, -0.25) is 4.55 Å². The number of ether oxygens (including phenoxy) is 1. The Morgan fingerprint density at radius 2 is 1.39 bits per heavy atom. The summed E-state index contributed by atoms with van der Waals surface area (Å²) in [5, 5.41) is 11.2. The zero-order valence-corrected chi connectivity index (χ0v) is 22.7. The summed E-state index contributed by atoms with van der Waals surface area (Å²) in [7, 11) is -4.44. The average Bonchev–Trinajstić information content (AvgIpc) is 2.70. The molecule has 0 atom stereocenters. The van der Waals surface area contributed by atoms with E-state index < -0.39 is 10.1 Å². The average molecular weight is 473 g/mol. The standard InChI is InChI=1S/C24H34O5S.K/c1-2-3-4-5-6-7-8-9-10-11-13-20-14-12-15-23(24(20)30(26,27)28)29-22-18-16-21(25)17-19-22;/h12,14-19,25H,2-11,13H2,1H3,(H,26,27,28);/q;+1/p-1. The maximum Gasteiger partial charge on any atom is 1.00 e. The van der Waals surface area contributed by atoms with E-state index in [2.05, 4.69) is 6.92 Å². The van der Waals surface area contributed by atoms with Gasteiger partial charge in [-0.15, -0.1) is 5.75 Å². The topological polar surface area (TPSA) is 86.7 Å².